The Morgan fingerprint density at radius 2 is 2.10 bits per heavy atom. The molecule has 1 rings (SSSR count). The van der Waals surface area contributed by atoms with Crippen molar-refractivity contribution in [2.24, 2.45) is 5.92 Å². The predicted molar refractivity (Wildman–Crippen MR) is 38.5 cm³/mol. The van der Waals surface area contributed by atoms with Crippen LogP contribution in [-0.4, -0.2) is 12.6 Å². The van der Waals surface area contributed by atoms with Gasteiger partial charge in [0.15, 0.2) is 0 Å². The Labute approximate surface area is 60.9 Å². The van der Waals surface area contributed by atoms with Crippen LogP contribution in [0.2, 0.25) is 0 Å². The minimum atomic E-state index is -0.132. The first kappa shape index (κ1) is 7.32. The van der Waals surface area contributed by atoms with E-state index < -0.39 is 0 Å². The average molecular weight is 140 g/mol. The number of ether oxygens (including phenoxy) is 1. The molecule has 0 aromatic carbocycles. The maximum absolute atomic E-state index is 10.9. The molecule has 0 atom stereocenters. The van der Waals surface area contributed by atoms with Gasteiger partial charge in [-0.25, -0.2) is 4.79 Å². The molecule has 10 heavy (non-hydrogen) atoms. The highest BCUT2D eigenvalue weighted by atomic mass is 16.5. The zero-order valence-electron chi connectivity index (χ0n) is 6.60. The van der Waals surface area contributed by atoms with E-state index in [1.165, 1.54) is 0 Å². The minimum absolute atomic E-state index is 0.132. The molecule has 0 bridgehead atoms. The lowest BCUT2D eigenvalue weighted by Crippen LogP contribution is -2.04. The molecule has 56 valence electrons. The van der Waals surface area contributed by atoms with Gasteiger partial charge in [0.25, 0.3) is 0 Å². The highest BCUT2D eigenvalue weighted by Gasteiger charge is 2.23. The van der Waals surface area contributed by atoms with E-state index in [1.807, 2.05) is 20.8 Å². The number of carbonyl (C=O) groups is 1. The van der Waals surface area contributed by atoms with E-state index in [0.717, 1.165) is 11.1 Å². The molecule has 0 saturated carbocycles. The van der Waals surface area contributed by atoms with Crippen molar-refractivity contribution in [1.82, 2.24) is 0 Å². The van der Waals surface area contributed by atoms with Crippen molar-refractivity contribution < 1.29 is 9.53 Å². The second-order valence-electron chi connectivity index (χ2n) is 2.92. The third-order valence-corrected chi connectivity index (χ3v) is 1.68. The number of carbonyl (C=O) groups excluding carboxylic acids is 1. The molecule has 0 spiro atoms. The summed E-state index contributed by atoms with van der Waals surface area (Å²) < 4.78 is 4.83. The van der Waals surface area contributed by atoms with Gasteiger partial charge in [0.2, 0.25) is 0 Å². The zero-order valence-corrected chi connectivity index (χ0v) is 6.60. The van der Waals surface area contributed by atoms with Crippen LogP contribution in [0.5, 0.6) is 0 Å². The predicted octanol–water partition coefficient (Wildman–Crippen LogP) is 1.52. The topological polar surface area (TPSA) is 26.3 Å². The molecule has 2 heteroatoms. The van der Waals surface area contributed by atoms with Gasteiger partial charge in [0.05, 0.1) is 0 Å². The second-order valence-corrected chi connectivity index (χ2v) is 2.92. The van der Waals surface area contributed by atoms with E-state index >= 15 is 0 Å². The zero-order chi connectivity index (χ0) is 7.72. The highest BCUT2D eigenvalue weighted by Crippen LogP contribution is 2.21. The van der Waals surface area contributed by atoms with Crippen molar-refractivity contribution in [3.05, 3.63) is 11.1 Å². The van der Waals surface area contributed by atoms with E-state index in [4.69, 9.17) is 4.74 Å². The molecule has 0 saturated heterocycles. The quantitative estimate of drug-likeness (QED) is 0.516. The summed E-state index contributed by atoms with van der Waals surface area (Å²) in [4.78, 5) is 10.9. The number of cyclic esters (lactones) is 1. The summed E-state index contributed by atoms with van der Waals surface area (Å²) in [7, 11) is 0. The van der Waals surface area contributed by atoms with Crippen LogP contribution < -0.4 is 0 Å². The molecule has 0 N–H and O–H groups in total. The first-order chi connectivity index (χ1) is 4.63. The SMILES string of the molecule is CC1=C(C(C)C)C(=O)OC1. The van der Waals surface area contributed by atoms with Gasteiger partial charge in [-0.1, -0.05) is 13.8 Å². The minimum Gasteiger partial charge on any atom is -0.458 e. The van der Waals surface area contributed by atoms with Gasteiger partial charge in [-0.3, -0.25) is 0 Å². The molecule has 0 fully saturated rings. The molecule has 0 radical (unpaired) electrons. The van der Waals surface area contributed by atoms with Crippen LogP contribution in [0.15, 0.2) is 11.1 Å². The third kappa shape index (κ3) is 1.06. The molecule has 0 aromatic rings. The van der Waals surface area contributed by atoms with Crippen LogP contribution in [0.25, 0.3) is 0 Å². The third-order valence-electron chi connectivity index (χ3n) is 1.68. The fraction of sp³-hybridized carbons (Fsp3) is 0.625. The lowest BCUT2D eigenvalue weighted by Gasteiger charge is -2.02. The highest BCUT2D eigenvalue weighted by molar-refractivity contribution is 5.91. The van der Waals surface area contributed by atoms with Crippen molar-refractivity contribution >= 4 is 5.97 Å². The lowest BCUT2D eigenvalue weighted by molar-refractivity contribution is -0.136. The summed E-state index contributed by atoms with van der Waals surface area (Å²) in [6.07, 6.45) is 0. The number of hydrogen-bond acceptors (Lipinski definition) is 2. The summed E-state index contributed by atoms with van der Waals surface area (Å²) in [5.41, 5.74) is 1.94. The summed E-state index contributed by atoms with van der Waals surface area (Å²) in [5.74, 6) is 0.169. The standard InChI is InChI=1S/C8H12O2/c1-5(2)7-6(3)4-10-8(7)9/h5H,4H2,1-3H3. The Hall–Kier alpha value is -0.790. The average Bonchev–Trinajstić information content (AvgIpc) is 2.11. The van der Waals surface area contributed by atoms with E-state index in [2.05, 4.69) is 0 Å². The van der Waals surface area contributed by atoms with Crippen LogP contribution in [0.1, 0.15) is 20.8 Å². The van der Waals surface area contributed by atoms with Crippen molar-refractivity contribution in [2.45, 2.75) is 20.8 Å². The van der Waals surface area contributed by atoms with Crippen LogP contribution >= 0.6 is 0 Å². The number of rotatable bonds is 1. The number of esters is 1. The molecule has 0 aromatic heterocycles. The summed E-state index contributed by atoms with van der Waals surface area (Å²) >= 11 is 0. The molecule has 0 unspecified atom stereocenters. The Bertz CT molecular complexity index is 189. The second kappa shape index (κ2) is 2.45. The van der Waals surface area contributed by atoms with Crippen molar-refractivity contribution in [3.8, 4) is 0 Å². The van der Waals surface area contributed by atoms with Crippen LogP contribution in [-0.2, 0) is 9.53 Å². The summed E-state index contributed by atoms with van der Waals surface area (Å²) in [6.45, 7) is 6.45. The van der Waals surface area contributed by atoms with Crippen molar-refractivity contribution in [1.29, 1.82) is 0 Å². The van der Waals surface area contributed by atoms with Crippen LogP contribution in [0.3, 0.4) is 0 Å². The first-order valence-corrected chi connectivity index (χ1v) is 3.49. The largest absolute Gasteiger partial charge is 0.458 e. The van der Waals surface area contributed by atoms with E-state index in [1.54, 1.807) is 0 Å². The van der Waals surface area contributed by atoms with Crippen molar-refractivity contribution in [2.75, 3.05) is 6.61 Å². The lowest BCUT2D eigenvalue weighted by atomic mass is 10.0. The molecular weight excluding hydrogens is 128 g/mol. The molecule has 0 amide bonds. The molecule has 1 heterocycles. The maximum Gasteiger partial charge on any atom is 0.334 e. The Kier molecular flexibility index (Phi) is 1.79. The maximum atomic E-state index is 10.9. The van der Waals surface area contributed by atoms with Gasteiger partial charge in [0, 0.05) is 5.57 Å². The Morgan fingerprint density at radius 1 is 1.50 bits per heavy atom. The van der Waals surface area contributed by atoms with Gasteiger partial charge in [-0.2, -0.15) is 0 Å². The summed E-state index contributed by atoms with van der Waals surface area (Å²) in [6, 6.07) is 0. The van der Waals surface area contributed by atoms with Crippen LogP contribution in [0.4, 0.5) is 0 Å². The van der Waals surface area contributed by atoms with E-state index in [-0.39, 0.29) is 5.97 Å². The molecule has 0 aliphatic carbocycles. The smallest absolute Gasteiger partial charge is 0.334 e. The van der Waals surface area contributed by atoms with Gasteiger partial charge in [-0.05, 0) is 18.4 Å². The first-order valence-electron chi connectivity index (χ1n) is 3.49. The van der Waals surface area contributed by atoms with Gasteiger partial charge in [-0.15, -0.1) is 0 Å². The summed E-state index contributed by atoms with van der Waals surface area (Å²) in [5, 5.41) is 0. The monoisotopic (exact) mass is 140 g/mol. The van der Waals surface area contributed by atoms with Gasteiger partial charge in [0.1, 0.15) is 6.61 Å². The van der Waals surface area contributed by atoms with E-state index in [9.17, 15) is 4.79 Å². The Morgan fingerprint density at radius 3 is 2.30 bits per heavy atom. The Balaban J connectivity index is 2.88. The van der Waals surface area contributed by atoms with Crippen molar-refractivity contribution in [3.63, 3.8) is 0 Å². The van der Waals surface area contributed by atoms with Gasteiger partial charge >= 0.3 is 5.97 Å². The van der Waals surface area contributed by atoms with Crippen LogP contribution in [0, 0.1) is 5.92 Å². The normalized spacial score (nSPS) is 18.6. The fourth-order valence-electron chi connectivity index (χ4n) is 1.23. The molecule has 1 aliphatic heterocycles. The van der Waals surface area contributed by atoms with E-state index in [0.29, 0.717) is 12.5 Å². The molecule has 2 nitrogen and oxygen atoms in total. The number of hydrogen-bond donors (Lipinski definition) is 0. The van der Waals surface area contributed by atoms with Gasteiger partial charge < -0.3 is 4.74 Å². The molecule has 1 aliphatic rings. The fourth-order valence-corrected chi connectivity index (χ4v) is 1.23. The molecular formula is C8H12O2.